The van der Waals surface area contributed by atoms with Gasteiger partial charge in [-0.1, -0.05) is 6.92 Å². The van der Waals surface area contributed by atoms with Gasteiger partial charge in [0.2, 0.25) is 5.91 Å². The summed E-state index contributed by atoms with van der Waals surface area (Å²) in [4.78, 5) is 56.4. The molecule has 2 aromatic rings. The summed E-state index contributed by atoms with van der Waals surface area (Å²) in [5.41, 5.74) is 6.22. The Kier molecular flexibility index (Phi) is 6.88. The molecule has 2 amide bonds. The first-order valence-electron chi connectivity index (χ1n) is 11.9. The molecule has 0 bridgehead atoms. The lowest BCUT2D eigenvalue weighted by molar-refractivity contribution is -0.384. The fourth-order valence-electron chi connectivity index (χ4n) is 4.97. The van der Waals surface area contributed by atoms with Crippen molar-refractivity contribution < 1.29 is 29.2 Å². The Labute approximate surface area is 225 Å². The van der Waals surface area contributed by atoms with Crippen molar-refractivity contribution in [3.63, 3.8) is 0 Å². The zero-order valence-electron chi connectivity index (χ0n) is 20.5. The molecule has 1 aromatic carbocycles. The molecule has 2 saturated heterocycles. The predicted molar refractivity (Wildman–Crippen MR) is 139 cm³/mol. The number of nitro benzene ring substituents is 1. The summed E-state index contributed by atoms with van der Waals surface area (Å²) in [7, 11) is 0. The Bertz CT molecular complexity index is 1340. The number of hydrogen-bond acceptors (Lipinski definition) is 11. The first kappa shape index (κ1) is 26.1. The zero-order valence-corrected chi connectivity index (χ0v) is 22.1. The number of nitrogens with two attached hydrogens (primary N) is 1. The van der Waals surface area contributed by atoms with Gasteiger partial charge in [-0.05, 0) is 24.6 Å². The minimum absolute atomic E-state index is 0.0672. The van der Waals surface area contributed by atoms with Crippen LogP contribution in [0.25, 0.3) is 0 Å². The van der Waals surface area contributed by atoms with Crippen molar-refractivity contribution in [1.29, 1.82) is 0 Å². The van der Waals surface area contributed by atoms with Gasteiger partial charge in [0.1, 0.15) is 18.0 Å². The van der Waals surface area contributed by atoms with Crippen LogP contribution >= 0.6 is 23.1 Å². The number of primary amides is 1. The molecule has 0 spiro atoms. The number of aliphatic hydroxyl groups is 1. The molecular weight excluding hydrogens is 534 g/mol. The normalized spacial score (nSPS) is 23.6. The van der Waals surface area contributed by atoms with Crippen molar-refractivity contribution >= 4 is 51.7 Å². The highest BCUT2D eigenvalue weighted by Crippen LogP contribution is 2.52. The Morgan fingerprint density at radius 3 is 2.61 bits per heavy atom. The van der Waals surface area contributed by atoms with Gasteiger partial charge >= 0.3 is 5.97 Å². The maximum atomic E-state index is 13.3. The van der Waals surface area contributed by atoms with Crippen LogP contribution in [0.5, 0.6) is 0 Å². The lowest BCUT2D eigenvalue weighted by Gasteiger charge is -2.46. The summed E-state index contributed by atoms with van der Waals surface area (Å²) in [5.74, 6) is -2.32. The zero-order chi connectivity index (χ0) is 27.3. The number of aromatic nitrogens is 1. The fraction of sp³-hybridized carbons (Fsp3) is 0.417. The van der Waals surface area contributed by atoms with Crippen molar-refractivity contribution in [1.82, 2.24) is 9.88 Å². The number of rotatable bonds is 9. The molecule has 1 aromatic heterocycles. The number of β-lactam (4-membered cyclic amide) rings is 1. The highest BCUT2D eigenvalue weighted by Gasteiger charge is 2.60. The molecule has 3 aliphatic rings. The number of non-ortho nitro benzene ring substituents is 1. The van der Waals surface area contributed by atoms with Gasteiger partial charge in [0.15, 0.2) is 5.13 Å². The van der Waals surface area contributed by atoms with E-state index in [9.17, 15) is 29.6 Å². The topological polar surface area (TPSA) is 169 Å². The summed E-state index contributed by atoms with van der Waals surface area (Å²) in [6.07, 6.45) is -0.850. The van der Waals surface area contributed by atoms with E-state index in [1.807, 2.05) is 11.8 Å². The number of aliphatic hydroxyl groups excluding tert-OH is 1. The molecule has 0 saturated carbocycles. The predicted octanol–water partition coefficient (Wildman–Crippen LogP) is 1.88. The summed E-state index contributed by atoms with van der Waals surface area (Å²) in [6, 6.07) is 5.36. The van der Waals surface area contributed by atoms with Gasteiger partial charge < -0.3 is 25.4 Å². The molecule has 4 atom stereocenters. The molecule has 0 radical (unpaired) electrons. The molecule has 12 nitrogen and oxygen atoms in total. The molecule has 4 heterocycles. The third-order valence-corrected chi connectivity index (χ3v) is 9.33. The molecule has 200 valence electrons. The second-order valence-corrected chi connectivity index (χ2v) is 11.7. The van der Waals surface area contributed by atoms with Gasteiger partial charge in [-0.2, -0.15) is 0 Å². The van der Waals surface area contributed by atoms with Crippen LogP contribution < -0.4 is 10.6 Å². The maximum Gasteiger partial charge on any atom is 0.356 e. The average Bonchev–Trinajstić information content (AvgIpc) is 3.41. The van der Waals surface area contributed by atoms with E-state index >= 15 is 0 Å². The van der Waals surface area contributed by atoms with Gasteiger partial charge in [0, 0.05) is 46.7 Å². The second kappa shape index (κ2) is 10.0. The van der Waals surface area contributed by atoms with E-state index < -0.39 is 28.8 Å². The Morgan fingerprint density at radius 1 is 1.34 bits per heavy atom. The maximum absolute atomic E-state index is 13.3. The highest BCUT2D eigenvalue weighted by atomic mass is 32.2. The van der Waals surface area contributed by atoms with E-state index in [2.05, 4.69) is 4.98 Å². The minimum Gasteiger partial charge on any atom is -0.456 e. The second-order valence-electron chi connectivity index (χ2n) is 9.49. The molecular formula is C24H25N5O7S2. The first-order chi connectivity index (χ1) is 18.1. The number of amides is 2. The van der Waals surface area contributed by atoms with E-state index in [-0.39, 0.29) is 46.8 Å². The quantitative estimate of drug-likeness (QED) is 0.200. The van der Waals surface area contributed by atoms with Crippen LogP contribution in [0.2, 0.25) is 0 Å². The average molecular weight is 560 g/mol. The Balaban J connectivity index is 1.31. The number of thiazole rings is 1. The lowest BCUT2D eigenvalue weighted by atomic mass is 9.79. The lowest BCUT2D eigenvalue weighted by Crippen LogP contribution is -2.63. The van der Waals surface area contributed by atoms with Gasteiger partial charge in [-0.15, -0.1) is 23.1 Å². The van der Waals surface area contributed by atoms with Crippen LogP contribution in [-0.4, -0.2) is 68.2 Å². The number of nitrogens with zero attached hydrogens (tertiary/aromatic N) is 4. The number of esters is 1. The van der Waals surface area contributed by atoms with Crippen molar-refractivity contribution in [3.8, 4) is 0 Å². The third kappa shape index (κ3) is 4.52. The van der Waals surface area contributed by atoms with Crippen LogP contribution in [0, 0.1) is 22.0 Å². The summed E-state index contributed by atoms with van der Waals surface area (Å²) >= 11 is 2.85. The number of carbonyl (C=O) groups excluding carboxylic acids is 3. The van der Waals surface area contributed by atoms with Crippen LogP contribution in [-0.2, 0) is 20.9 Å². The molecule has 38 heavy (non-hydrogen) atoms. The number of anilines is 1. The number of nitro groups is 1. The van der Waals surface area contributed by atoms with E-state index in [4.69, 9.17) is 10.5 Å². The number of ether oxygens (including phenoxy) is 1. The highest BCUT2D eigenvalue weighted by molar-refractivity contribution is 8.03. The van der Waals surface area contributed by atoms with Crippen LogP contribution in [0.3, 0.4) is 0 Å². The standard InChI is InChI=1S/C24H25N5O7S2/c1-11-18-17(12(2)30)22(32)28(18)19(23(33)36-9-13-3-5-14(6-4-13)29(34)35)20(11)38-15-7-27(8-15)24-26-16(10-37-24)21(25)31/h3-6,10-12,15,17-18,30H,7-9H2,1-2H3,(H2,25,31)/t11-,12-,17-,18-/m1/s1. The number of hydrogen-bond donors (Lipinski definition) is 2. The van der Waals surface area contributed by atoms with Crippen molar-refractivity contribution in [2.24, 2.45) is 17.6 Å². The monoisotopic (exact) mass is 559 g/mol. The fourth-order valence-corrected chi connectivity index (χ4v) is 7.32. The number of fused-ring (bicyclic) bond motifs is 1. The van der Waals surface area contributed by atoms with Gasteiger partial charge in [0.25, 0.3) is 11.6 Å². The summed E-state index contributed by atoms with van der Waals surface area (Å²) < 4.78 is 5.54. The molecule has 3 aliphatic heterocycles. The Hall–Kier alpha value is -3.49. The smallest absolute Gasteiger partial charge is 0.356 e. The van der Waals surface area contributed by atoms with Crippen LogP contribution in [0.1, 0.15) is 29.9 Å². The number of carbonyl (C=O) groups is 3. The molecule has 2 fully saturated rings. The van der Waals surface area contributed by atoms with Crippen molar-refractivity contribution in [3.05, 3.63) is 61.6 Å². The van der Waals surface area contributed by atoms with E-state index in [1.54, 1.807) is 12.3 Å². The van der Waals surface area contributed by atoms with Gasteiger partial charge in [-0.25, -0.2) is 9.78 Å². The van der Waals surface area contributed by atoms with E-state index in [0.29, 0.717) is 23.8 Å². The van der Waals surface area contributed by atoms with Gasteiger partial charge in [0.05, 0.1) is 23.0 Å². The van der Waals surface area contributed by atoms with Crippen LogP contribution in [0.15, 0.2) is 40.2 Å². The third-order valence-electron chi connectivity index (χ3n) is 6.98. The number of benzene rings is 1. The van der Waals surface area contributed by atoms with Crippen LogP contribution in [0.4, 0.5) is 10.8 Å². The van der Waals surface area contributed by atoms with E-state index in [0.717, 1.165) is 4.91 Å². The van der Waals surface area contributed by atoms with E-state index in [1.165, 1.54) is 52.3 Å². The molecule has 5 rings (SSSR count). The minimum atomic E-state index is -0.850. The number of thioether (sulfide) groups is 1. The molecule has 3 N–H and O–H groups in total. The Morgan fingerprint density at radius 2 is 2.03 bits per heavy atom. The first-order valence-corrected chi connectivity index (χ1v) is 13.7. The van der Waals surface area contributed by atoms with Gasteiger partial charge in [-0.3, -0.25) is 19.7 Å². The largest absolute Gasteiger partial charge is 0.456 e. The molecule has 14 heteroatoms. The molecule has 0 unspecified atom stereocenters. The summed E-state index contributed by atoms with van der Waals surface area (Å²) in [5, 5.41) is 23.5. The van der Waals surface area contributed by atoms with Crippen molar-refractivity contribution in [2.75, 3.05) is 18.0 Å². The summed E-state index contributed by atoms with van der Waals surface area (Å²) in [6.45, 7) is 4.67. The van der Waals surface area contributed by atoms with Crippen molar-refractivity contribution in [2.45, 2.75) is 37.9 Å². The molecule has 0 aliphatic carbocycles. The SMILES string of the molecule is C[C@@H](O)[C@H]1C(=O)N2C(C(=O)OCc3ccc([N+](=O)[O-])cc3)=C(SC3CN(c4nc(C(N)=O)cs4)C3)[C@H](C)[C@H]12.